The monoisotopic (exact) mass is 427 g/mol. The molecule has 0 spiro atoms. The number of imide groups is 1. The number of halogens is 1. The largest absolute Gasteiger partial charge is 0.443 e. The number of amides is 2. The number of nitro benzene ring substituents is 1. The van der Waals surface area contributed by atoms with Gasteiger partial charge in [-0.25, -0.2) is 19.5 Å². The Morgan fingerprint density at radius 2 is 1.66 bits per heavy atom. The van der Waals surface area contributed by atoms with Gasteiger partial charge in [0.2, 0.25) is 11.5 Å². The van der Waals surface area contributed by atoms with Crippen LogP contribution in [0.5, 0.6) is 0 Å². The number of oxazole rings is 1. The first-order valence-electron chi connectivity index (χ1n) is 8.63. The molecule has 2 rings (SSSR count). The standard InChI is InChI=1S/C18H22ClN3O7/c1-17(2,3)28-15(23)21(16(24)29-18(4,5)6)9-13-20-11-7-10(19)8-12(22(25)26)14(11)27-13/h7-8H,9H2,1-6H3. The van der Waals surface area contributed by atoms with Gasteiger partial charge >= 0.3 is 17.9 Å². The van der Waals surface area contributed by atoms with E-state index in [0.29, 0.717) is 4.90 Å². The number of rotatable bonds is 3. The smallest absolute Gasteiger partial charge is 0.420 e. The van der Waals surface area contributed by atoms with Gasteiger partial charge in [-0.2, -0.15) is 0 Å². The number of ether oxygens (including phenoxy) is 2. The van der Waals surface area contributed by atoms with E-state index in [2.05, 4.69) is 4.98 Å². The molecule has 2 amide bonds. The van der Waals surface area contributed by atoms with E-state index < -0.39 is 34.9 Å². The van der Waals surface area contributed by atoms with Gasteiger partial charge in [0.1, 0.15) is 23.3 Å². The summed E-state index contributed by atoms with van der Waals surface area (Å²) < 4.78 is 15.9. The SMILES string of the molecule is CC(C)(C)OC(=O)N(Cc1nc2cc(Cl)cc([N+](=O)[O-])c2o1)C(=O)OC(C)(C)C. The summed E-state index contributed by atoms with van der Waals surface area (Å²) in [4.78, 5) is 40.4. The Bertz CT molecular complexity index is 929. The summed E-state index contributed by atoms with van der Waals surface area (Å²) in [6.45, 7) is 9.40. The number of carbonyl (C=O) groups is 2. The van der Waals surface area contributed by atoms with E-state index in [-0.39, 0.29) is 27.7 Å². The predicted molar refractivity (Wildman–Crippen MR) is 104 cm³/mol. The van der Waals surface area contributed by atoms with Crippen LogP contribution in [0.2, 0.25) is 5.02 Å². The zero-order chi connectivity index (χ0) is 22.1. The predicted octanol–water partition coefficient (Wildman–Crippen LogP) is 5.06. The molecular formula is C18H22ClN3O7. The fourth-order valence-electron chi connectivity index (χ4n) is 2.20. The van der Waals surface area contributed by atoms with E-state index in [1.54, 1.807) is 41.5 Å². The summed E-state index contributed by atoms with van der Waals surface area (Å²) in [6, 6.07) is 2.50. The molecule has 2 aromatic rings. The van der Waals surface area contributed by atoms with Crippen molar-refractivity contribution in [2.75, 3.05) is 0 Å². The number of benzene rings is 1. The van der Waals surface area contributed by atoms with Gasteiger partial charge in [0.05, 0.1) is 4.92 Å². The van der Waals surface area contributed by atoms with Crippen LogP contribution < -0.4 is 0 Å². The van der Waals surface area contributed by atoms with Crippen molar-refractivity contribution < 1.29 is 28.4 Å². The van der Waals surface area contributed by atoms with Crippen LogP contribution in [0.25, 0.3) is 11.1 Å². The maximum atomic E-state index is 12.5. The molecule has 29 heavy (non-hydrogen) atoms. The summed E-state index contributed by atoms with van der Waals surface area (Å²) in [7, 11) is 0. The molecule has 0 bridgehead atoms. The van der Waals surface area contributed by atoms with Crippen LogP contribution in [-0.4, -0.2) is 38.2 Å². The number of nitrogens with zero attached hydrogens (tertiary/aromatic N) is 3. The lowest BCUT2D eigenvalue weighted by atomic mass is 10.2. The fraction of sp³-hybridized carbons (Fsp3) is 0.500. The van der Waals surface area contributed by atoms with Gasteiger partial charge in [0.15, 0.2) is 0 Å². The van der Waals surface area contributed by atoms with Crippen molar-refractivity contribution in [1.82, 2.24) is 9.88 Å². The summed E-state index contributed by atoms with van der Waals surface area (Å²) in [5.74, 6) is -0.123. The highest BCUT2D eigenvalue weighted by atomic mass is 35.5. The molecule has 0 aliphatic carbocycles. The van der Waals surface area contributed by atoms with Crippen molar-refractivity contribution in [3.8, 4) is 0 Å². The molecule has 0 aliphatic heterocycles. The van der Waals surface area contributed by atoms with Crippen LogP contribution in [0.3, 0.4) is 0 Å². The minimum atomic E-state index is -0.971. The van der Waals surface area contributed by atoms with Crippen LogP contribution in [0, 0.1) is 10.1 Å². The van der Waals surface area contributed by atoms with Gasteiger partial charge in [-0.05, 0) is 47.6 Å². The van der Waals surface area contributed by atoms with Gasteiger partial charge in [-0.15, -0.1) is 0 Å². The summed E-state index contributed by atoms with van der Waals surface area (Å²) in [5, 5.41) is 11.3. The molecule has 1 aromatic heterocycles. The first-order chi connectivity index (χ1) is 13.2. The minimum absolute atomic E-state index is 0.0974. The summed E-state index contributed by atoms with van der Waals surface area (Å²) in [6.07, 6.45) is -1.94. The number of carbonyl (C=O) groups excluding carboxylic acids is 2. The lowest BCUT2D eigenvalue weighted by molar-refractivity contribution is -0.383. The molecule has 0 saturated carbocycles. The number of non-ortho nitro benzene ring substituents is 1. The van der Waals surface area contributed by atoms with Crippen molar-refractivity contribution >= 4 is 40.6 Å². The molecule has 158 valence electrons. The zero-order valence-corrected chi connectivity index (χ0v) is 17.7. The van der Waals surface area contributed by atoms with E-state index >= 15 is 0 Å². The Labute approximate surface area is 171 Å². The molecule has 10 nitrogen and oxygen atoms in total. The normalized spacial score (nSPS) is 12.0. The highest BCUT2D eigenvalue weighted by Gasteiger charge is 2.33. The molecule has 0 N–H and O–H groups in total. The van der Waals surface area contributed by atoms with Crippen LogP contribution in [-0.2, 0) is 16.0 Å². The third-order valence-corrected chi connectivity index (χ3v) is 3.42. The molecule has 0 unspecified atom stereocenters. The second kappa shape index (κ2) is 7.86. The van der Waals surface area contributed by atoms with Crippen molar-refractivity contribution in [2.45, 2.75) is 59.3 Å². The Kier molecular flexibility index (Phi) is 6.07. The second-order valence-electron chi connectivity index (χ2n) is 8.18. The molecule has 0 radical (unpaired) electrons. The van der Waals surface area contributed by atoms with Crippen LogP contribution >= 0.6 is 11.6 Å². The lowest BCUT2D eigenvalue weighted by Crippen LogP contribution is -2.43. The van der Waals surface area contributed by atoms with Gasteiger partial charge in [-0.1, -0.05) is 11.6 Å². The quantitative estimate of drug-likeness (QED) is 0.491. The third kappa shape index (κ3) is 6.05. The van der Waals surface area contributed by atoms with E-state index in [1.165, 1.54) is 6.07 Å². The van der Waals surface area contributed by atoms with E-state index in [1.807, 2.05) is 0 Å². The van der Waals surface area contributed by atoms with Crippen molar-refractivity contribution in [3.63, 3.8) is 0 Å². The number of nitro groups is 1. The molecule has 1 aromatic carbocycles. The number of hydrogen-bond donors (Lipinski definition) is 0. The van der Waals surface area contributed by atoms with Gasteiger partial charge in [-0.3, -0.25) is 10.1 Å². The molecular weight excluding hydrogens is 406 g/mol. The average Bonchev–Trinajstić information content (AvgIpc) is 2.90. The second-order valence-corrected chi connectivity index (χ2v) is 8.62. The van der Waals surface area contributed by atoms with E-state index in [0.717, 1.165) is 6.07 Å². The molecule has 11 heteroatoms. The molecule has 0 saturated heterocycles. The van der Waals surface area contributed by atoms with E-state index in [9.17, 15) is 19.7 Å². The Morgan fingerprint density at radius 3 is 2.10 bits per heavy atom. The average molecular weight is 428 g/mol. The van der Waals surface area contributed by atoms with Gasteiger partial charge in [0.25, 0.3) is 0 Å². The first-order valence-corrected chi connectivity index (χ1v) is 9.01. The Hall–Kier alpha value is -2.88. The van der Waals surface area contributed by atoms with Crippen molar-refractivity contribution in [1.29, 1.82) is 0 Å². The van der Waals surface area contributed by atoms with Crippen molar-refractivity contribution in [3.05, 3.63) is 33.2 Å². The van der Waals surface area contributed by atoms with Crippen LogP contribution in [0.1, 0.15) is 47.4 Å². The Balaban J connectivity index is 2.42. The zero-order valence-electron chi connectivity index (χ0n) is 16.9. The molecule has 1 heterocycles. The van der Waals surface area contributed by atoms with Crippen molar-refractivity contribution in [2.24, 2.45) is 0 Å². The van der Waals surface area contributed by atoms with Gasteiger partial charge in [0, 0.05) is 11.1 Å². The van der Waals surface area contributed by atoms with E-state index in [4.69, 9.17) is 25.5 Å². The van der Waals surface area contributed by atoms with Crippen LogP contribution in [0.15, 0.2) is 16.5 Å². The number of aromatic nitrogens is 1. The van der Waals surface area contributed by atoms with Gasteiger partial charge < -0.3 is 13.9 Å². The Morgan fingerprint density at radius 1 is 1.14 bits per heavy atom. The molecule has 0 atom stereocenters. The molecule has 0 fully saturated rings. The maximum Gasteiger partial charge on any atom is 0.420 e. The minimum Gasteiger partial charge on any atom is -0.443 e. The summed E-state index contributed by atoms with van der Waals surface area (Å²) >= 11 is 5.88. The maximum absolute atomic E-state index is 12.5. The first kappa shape index (κ1) is 22.4. The highest BCUT2D eigenvalue weighted by Crippen LogP contribution is 2.31. The summed E-state index contributed by atoms with van der Waals surface area (Å²) in [5.41, 5.74) is -2.13. The number of hydrogen-bond acceptors (Lipinski definition) is 8. The highest BCUT2D eigenvalue weighted by molar-refractivity contribution is 6.31. The fourth-order valence-corrected chi connectivity index (χ4v) is 2.41. The molecule has 0 aliphatic rings. The lowest BCUT2D eigenvalue weighted by Gasteiger charge is -2.27. The number of fused-ring (bicyclic) bond motifs is 1. The topological polar surface area (TPSA) is 125 Å². The third-order valence-electron chi connectivity index (χ3n) is 3.20. The van der Waals surface area contributed by atoms with Crippen LogP contribution in [0.4, 0.5) is 15.3 Å².